The van der Waals surface area contributed by atoms with Gasteiger partial charge in [0.25, 0.3) is 5.22 Å². The van der Waals surface area contributed by atoms with Crippen LogP contribution in [0, 0.1) is 13.8 Å². The van der Waals surface area contributed by atoms with Gasteiger partial charge in [0.2, 0.25) is 0 Å². The van der Waals surface area contributed by atoms with Crippen LogP contribution in [0.25, 0.3) is 11.3 Å². The fraction of sp³-hybridized carbons (Fsp3) is 0.200. The minimum Gasteiger partial charge on any atom is -0.437 e. The van der Waals surface area contributed by atoms with Crippen LogP contribution < -0.4 is 0 Å². The number of thioether (sulfide) groups is 1. The fourth-order valence-corrected chi connectivity index (χ4v) is 2.69. The third-order valence-electron chi connectivity index (χ3n) is 3.05. The summed E-state index contributed by atoms with van der Waals surface area (Å²) in [6.07, 6.45) is 0. The van der Waals surface area contributed by atoms with Gasteiger partial charge in [-0.3, -0.25) is 0 Å². The Balaban J connectivity index is 1.69. The molecule has 2 heterocycles. The number of halogens is 1. The molecule has 0 spiro atoms. The number of hydrogen-bond acceptors (Lipinski definition) is 5. The van der Waals surface area contributed by atoms with Crippen LogP contribution in [0.5, 0.6) is 0 Å². The molecule has 2 aromatic heterocycles. The summed E-state index contributed by atoms with van der Waals surface area (Å²) >= 11 is 7.36. The number of aromatic nitrogens is 2. The van der Waals surface area contributed by atoms with E-state index in [9.17, 15) is 0 Å². The molecule has 0 atom stereocenters. The van der Waals surface area contributed by atoms with Crippen molar-refractivity contribution < 1.29 is 8.94 Å². The molecule has 3 aromatic rings. The number of aryl methyl sites for hydroxylation is 2. The highest BCUT2D eigenvalue weighted by atomic mass is 35.5. The predicted octanol–water partition coefficient (Wildman–Crippen LogP) is 4.89. The van der Waals surface area contributed by atoms with E-state index in [-0.39, 0.29) is 0 Å². The average Bonchev–Trinajstić information content (AvgIpc) is 3.05. The van der Waals surface area contributed by atoms with E-state index >= 15 is 0 Å². The topological polar surface area (TPSA) is 52.1 Å². The average molecular weight is 321 g/mol. The van der Waals surface area contributed by atoms with Crippen LogP contribution in [-0.2, 0) is 5.75 Å². The summed E-state index contributed by atoms with van der Waals surface area (Å²) in [5.41, 5.74) is 2.68. The quantitative estimate of drug-likeness (QED) is 0.640. The van der Waals surface area contributed by atoms with Gasteiger partial charge in [0, 0.05) is 16.7 Å². The molecule has 6 heteroatoms. The molecule has 0 amide bonds. The minimum atomic E-state index is 0.625. The second-order valence-electron chi connectivity index (χ2n) is 4.60. The van der Waals surface area contributed by atoms with Crippen molar-refractivity contribution in [1.29, 1.82) is 0 Å². The lowest BCUT2D eigenvalue weighted by Gasteiger charge is -1.94. The minimum absolute atomic E-state index is 0.625. The molecule has 108 valence electrons. The largest absolute Gasteiger partial charge is 0.437 e. The summed E-state index contributed by atoms with van der Waals surface area (Å²) in [7, 11) is 0. The normalized spacial score (nSPS) is 11.0. The van der Waals surface area contributed by atoms with Crippen LogP contribution in [0.15, 0.2) is 44.5 Å². The van der Waals surface area contributed by atoms with E-state index in [1.807, 2.05) is 44.2 Å². The smallest absolute Gasteiger partial charge is 0.256 e. The van der Waals surface area contributed by atoms with Crippen molar-refractivity contribution in [2.75, 3.05) is 0 Å². The molecular formula is C15H13ClN2O2S. The Morgan fingerprint density at radius 1 is 1.19 bits per heavy atom. The van der Waals surface area contributed by atoms with Crippen LogP contribution in [0.1, 0.15) is 17.2 Å². The first-order chi connectivity index (χ1) is 10.1. The first-order valence-electron chi connectivity index (χ1n) is 6.40. The Labute approximate surface area is 131 Å². The Morgan fingerprint density at radius 2 is 1.95 bits per heavy atom. The Morgan fingerprint density at radius 3 is 2.62 bits per heavy atom. The van der Waals surface area contributed by atoms with Crippen molar-refractivity contribution in [2.24, 2.45) is 0 Å². The maximum absolute atomic E-state index is 5.87. The van der Waals surface area contributed by atoms with E-state index < -0.39 is 0 Å². The number of benzene rings is 1. The molecule has 21 heavy (non-hydrogen) atoms. The molecule has 0 fully saturated rings. The van der Waals surface area contributed by atoms with Gasteiger partial charge in [0.05, 0.1) is 11.4 Å². The van der Waals surface area contributed by atoms with Crippen molar-refractivity contribution >= 4 is 23.4 Å². The van der Waals surface area contributed by atoms with E-state index in [1.165, 1.54) is 11.8 Å². The molecule has 0 saturated carbocycles. The van der Waals surface area contributed by atoms with Crippen LogP contribution in [0.2, 0.25) is 5.02 Å². The molecule has 0 aliphatic rings. The summed E-state index contributed by atoms with van der Waals surface area (Å²) in [6, 6.07) is 9.41. The van der Waals surface area contributed by atoms with Crippen LogP contribution in [0.4, 0.5) is 0 Å². The van der Waals surface area contributed by atoms with Gasteiger partial charge in [-0.05, 0) is 26.0 Å². The van der Waals surface area contributed by atoms with Gasteiger partial charge >= 0.3 is 0 Å². The highest BCUT2D eigenvalue weighted by Gasteiger charge is 2.10. The van der Waals surface area contributed by atoms with Gasteiger partial charge in [0.1, 0.15) is 17.2 Å². The first kappa shape index (κ1) is 14.2. The van der Waals surface area contributed by atoms with E-state index in [2.05, 4.69) is 10.1 Å². The molecule has 0 N–H and O–H groups in total. The summed E-state index contributed by atoms with van der Waals surface area (Å²) < 4.78 is 10.9. The monoisotopic (exact) mass is 320 g/mol. The molecule has 0 bridgehead atoms. The molecule has 0 aliphatic carbocycles. The molecule has 0 aliphatic heterocycles. The second-order valence-corrected chi connectivity index (χ2v) is 5.96. The molecular weight excluding hydrogens is 308 g/mol. The number of nitrogens with zero attached hydrogens (tertiary/aromatic N) is 2. The lowest BCUT2D eigenvalue weighted by molar-refractivity contribution is 0.395. The van der Waals surface area contributed by atoms with Crippen molar-refractivity contribution in [3.05, 3.63) is 52.6 Å². The lowest BCUT2D eigenvalue weighted by atomic mass is 10.1. The lowest BCUT2D eigenvalue weighted by Crippen LogP contribution is -1.77. The zero-order valence-corrected chi connectivity index (χ0v) is 13.2. The Hall–Kier alpha value is -1.72. The van der Waals surface area contributed by atoms with Gasteiger partial charge in [-0.15, -0.1) is 0 Å². The zero-order chi connectivity index (χ0) is 14.8. The van der Waals surface area contributed by atoms with Gasteiger partial charge in [-0.25, -0.2) is 4.98 Å². The molecule has 0 unspecified atom stereocenters. The van der Waals surface area contributed by atoms with Crippen molar-refractivity contribution in [3.8, 4) is 11.3 Å². The molecule has 1 aromatic carbocycles. The molecule has 0 radical (unpaired) electrons. The number of oxazole rings is 1. The summed E-state index contributed by atoms with van der Waals surface area (Å²) in [6.45, 7) is 3.83. The summed E-state index contributed by atoms with van der Waals surface area (Å²) in [5.74, 6) is 2.25. The summed E-state index contributed by atoms with van der Waals surface area (Å²) in [4.78, 5) is 4.32. The Kier molecular flexibility index (Phi) is 4.03. The van der Waals surface area contributed by atoms with Gasteiger partial charge in [0.15, 0.2) is 0 Å². The zero-order valence-electron chi connectivity index (χ0n) is 11.6. The van der Waals surface area contributed by atoms with Crippen molar-refractivity contribution in [2.45, 2.75) is 24.8 Å². The van der Waals surface area contributed by atoms with Gasteiger partial charge < -0.3 is 8.94 Å². The SMILES string of the molecule is Cc1nc(SCc2cc(-c3ccc(Cl)cc3)no2)oc1C. The number of rotatable bonds is 4. The van der Waals surface area contributed by atoms with E-state index in [1.54, 1.807) is 0 Å². The van der Waals surface area contributed by atoms with Crippen LogP contribution in [-0.4, -0.2) is 10.1 Å². The highest BCUT2D eigenvalue weighted by Crippen LogP contribution is 2.27. The third kappa shape index (κ3) is 3.31. The number of hydrogen-bond donors (Lipinski definition) is 0. The highest BCUT2D eigenvalue weighted by molar-refractivity contribution is 7.98. The van der Waals surface area contributed by atoms with Crippen LogP contribution >= 0.6 is 23.4 Å². The standard InChI is InChI=1S/C15H13ClN2O2S/c1-9-10(2)19-15(17-9)21-8-13-7-14(18-20-13)11-3-5-12(16)6-4-11/h3-7H,8H2,1-2H3. The maximum Gasteiger partial charge on any atom is 0.256 e. The Bertz CT molecular complexity index is 730. The predicted molar refractivity (Wildman–Crippen MR) is 82.5 cm³/mol. The first-order valence-corrected chi connectivity index (χ1v) is 7.76. The van der Waals surface area contributed by atoms with Crippen molar-refractivity contribution in [1.82, 2.24) is 10.1 Å². The summed E-state index contributed by atoms with van der Waals surface area (Å²) in [5, 5.41) is 5.42. The van der Waals surface area contributed by atoms with Crippen molar-refractivity contribution in [3.63, 3.8) is 0 Å². The maximum atomic E-state index is 5.87. The molecule has 3 rings (SSSR count). The molecule has 0 saturated heterocycles. The third-order valence-corrected chi connectivity index (χ3v) is 4.15. The van der Waals surface area contributed by atoms with Gasteiger partial charge in [-0.1, -0.05) is 40.7 Å². The fourth-order valence-electron chi connectivity index (χ4n) is 1.78. The van der Waals surface area contributed by atoms with E-state index in [0.717, 1.165) is 28.5 Å². The van der Waals surface area contributed by atoms with E-state index in [0.29, 0.717) is 16.0 Å². The van der Waals surface area contributed by atoms with Gasteiger partial charge in [-0.2, -0.15) is 0 Å². The molecule has 4 nitrogen and oxygen atoms in total. The van der Waals surface area contributed by atoms with Crippen LogP contribution in [0.3, 0.4) is 0 Å². The second kappa shape index (κ2) is 5.95. The van der Waals surface area contributed by atoms with E-state index in [4.69, 9.17) is 20.5 Å².